The molecule has 2 aromatic rings. The van der Waals surface area contributed by atoms with Crippen LogP contribution < -0.4 is 5.32 Å². The molecule has 1 amide bonds. The molecule has 0 spiro atoms. The lowest BCUT2D eigenvalue weighted by Gasteiger charge is -2.07. The zero-order chi connectivity index (χ0) is 16.8. The second-order valence-electron chi connectivity index (χ2n) is 5.39. The first kappa shape index (κ1) is 17.3. The molecule has 0 radical (unpaired) electrons. The Labute approximate surface area is 141 Å². The number of rotatable bonds is 7. The third-order valence-corrected chi connectivity index (χ3v) is 4.58. The van der Waals surface area contributed by atoms with E-state index in [1.807, 2.05) is 39.0 Å². The van der Waals surface area contributed by atoms with Gasteiger partial charge in [-0.3, -0.25) is 4.79 Å². The van der Waals surface area contributed by atoms with E-state index in [0.29, 0.717) is 12.2 Å². The molecule has 0 unspecified atom stereocenters. The first-order valence-electron chi connectivity index (χ1n) is 7.91. The van der Waals surface area contributed by atoms with E-state index in [4.69, 9.17) is 0 Å². The predicted molar refractivity (Wildman–Crippen MR) is 98.0 cm³/mol. The van der Waals surface area contributed by atoms with Crippen molar-refractivity contribution in [2.45, 2.75) is 46.5 Å². The molecule has 0 aliphatic heterocycles. The zero-order valence-corrected chi connectivity index (χ0v) is 14.8. The predicted octanol–water partition coefficient (Wildman–Crippen LogP) is 4.80. The second kappa shape index (κ2) is 8.02. The average molecular weight is 329 g/mol. The van der Waals surface area contributed by atoms with Crippen LogP contribution in [0.25, 0.3) is 10.2 Å². The molecule has 2 rings (SSSR count). The van der Waals surface area contributed by atoms with Gasteiger partial charge < -0.3 is 5.32 Å². The Hall–Kier alpha value is -2.01. The zero-order valence-electron chi connectivity index (χ0n) is 14.0. The molecule has 0 aliphatic carbocycles. The van der Waals surface area contributed by atoms with Crippen LogP contribution in [-0.4, -0.2) is 15.9 Å². The molecule has 0 fully saturated rings. The van der Waals surface area contributed by atoms with Crippen LogP contribution in [0.1, 0.15) is 43.8 Å². The van der Waals surface area contributed by atoms with E-state index in [-0.39, 0.29) is 5.91 Å². The number of anilines is 1. The number of aryl methyl sites for hydroxylation is 2. The fourth-order valence-corrected chi connectivity index (χ4v) is 3.25. The summed E-state index contributed by atoms with van der Waals surface area (Å²) in [5.74, 6) is 1.39. The van der Waals surface area contributed by atoms with Gasteiger partial charge in [-0.25, -0.2) is 9.97 Å². The van der Waals surface area contributed by atoms with Crippen molar-refractivity contribution in [2.24, 2.45) is 0 Å². The molecule has 5 heteroatoms. The topological polar surface area (TPSA) is 54.9 Å². The lowest BCUT2D eigenvalue weighted by Crippen LogP contribution is -2.13. The minimum absolute atomic E-state index is 0.00424. The molecule has 0 aliphatic rings. The van der Waals surface area contributed by atoms with Gasteiger partial charge in [-0.2, -0.15) is 0 Å². The number of hydrogen-bond acceptors (Lipinski definition) is 4. The fourth-order valence-electron chi connectivity index (χ4n) is 2.35. The van der Waals surface area contributed by atoms with E-state index in [9.17, 15) is 4.79 Å². The highest BCUT2D eigenvalue weighted by atomic mass is 32.1. The fraction of sp³-hybridized carbons (Fsp3) is 0.389. The van der Waals surface area contributed by atoms with E-state index in [1.165, 1.54) is 10.5 Å². The Morgan fingerprint density at radius 1 is 1.39 bits per heavy atom. The lowest BCUT2D eigenvalue weighted by atomic mass is 10.1. The quantitative estimate of drug-likeness (QED) is 0.742. The maximum absolute atomic E-state index is 12.2. The number of allylic oxidation sites excluding steroid dienone is 3. The van der Waals surface area contributed by atoms with Crippen molar-refractivity contribution in [3.05, 3.63) is 41.1 Å². The van der Waals surface area contributed by atoms with Gasteiger partial charge in [-0.1, -0.05) is 31.2 Å². The molecule has 2 heterocycles. The summed E-state index contributed by atoms with van der Waals surface area (Å²) in [6.45, 7) is 9.81. The molecule has 1 N–H and O–H groups in total. The number of nitrogens with one attached hydrogen (secondary N) is 1. The maximum Gasteiger partial charge on any atom is 0.225 e. The second-order valence-corrected chi connectivity index (χ2v) is 6.62. The van der Waals surface area contributed by atoms with Gasteiger partial charge in [-0.05, 0) is 32.8 Å². The van der Waals surface area contributed by atoms with Crippen LogP contribution in [0.4, 0.5) is 5.82 Å². The van der Waals surface area contributed by atoms with Gasteiger partial charge in [0, 0.05) is 17.7 Å². The number of amides is 1. The van der Waals surface area contributed by atoms with Gasteiger partial charge in [0.05, 0.1) is 5.39 Å². The number of thiophene rings is 1. The van der Waals surface area contributed by atoms with Crippen molar-refractivity contribution in [1.29, 1.82) is 0 Å². The molecule has 0 aromatic carbocycles. The van der Waals surface area contributed by atoms with E-state index < -0.39 is 0 Å². The minimum atomic E-state index is -0.00424. The summed E-state index contributed by atoms with van der Waals surface area (Å²) < 4.78 is 0. The van der Waals surface area contributed by atoms with E-state index in [2.05, 4.69) is 21.9 Å². The van der Waals surface area contributed by atoms with Crippen LogP contribution in [0.2, 0.25) is 0 Å². The van der Waals surface area contributed by atoms with Gasteiger partial charge in [0.25, 0.3) is 0 Å². The van der Waals surface area contributed by atoms with Crippen LogP contribution in [0.5, 0.6) is 0 Å². The molecule has 2 aromatic heterocycles. The number of aromatic nitrogens is 2. The lowest BCUT2D eigenvalue weighted by molar-refractivity contribution is -0.116. The molecule has 0 atom stereocenters. The van der Waals surface area contributed by atoms with Crippen molar-refractivity contribution in [1.82, 2.24) is 9.97 Å². The maximum atomic E-state index is 12.2. The Kier molecular flexibility index (Phi) is 6.04. The number of fused-ring (bicyclic) bond motifs is 1. The van der Waals surface area contributed by atoms with Crippen LogP contribution in [0.3, 0.4) is 0 Å². The summed E-state index contributed by atoms with van der Waals surface area (Å²) in [5.41, 5.74) is 1.17. The summed E-state index contributed by atoms with van der Waals surface area (Å²) >= 11 is 1.63. The van der Waals surface area contributed by atoms with Crippen LogP contribution in [0, 0.1) is 6.92 Å². The summed E-state index contributed by atoms with van der Waals surface area (Å²) in [7, 11) is 0. The van der Waals surface area contributed by atoms with E-state index in [0.717, 1.165) is 35.3 Å². The normalized spacial score (nSPS) is 11.7. The highest BCUT2D eigenvalue weighted by molar-refractivity contribution is 7.18. The summed E-state index contributed by atoms with van der Waals surface area (Å²) in [6.07, 6.45) is 6.76. The number of nitrogens with zero attached hydrogens (tertiary/aromatic N) is 2. The minimum Gasteiger partial charge on any atom is -0.310 e. The highest BCUT2D eigenvalue weighted by Gasteiger charge is 2.12. The molecule has 0 saturated heterocycles. The third-order valence-electron chi connectivity index (χ3n) is 3.64. The average Bonchev–Trinajstić information content (AvgIpc) is 2.92. The van der Waals surface area contributed by atoms with Crippen LogP contribution >= 0.6 is 11.3 Å². The molecule has 122 valence electrons. The van der Waals surface area contributed by atoms with Crippen molar-refractivity contribution < 1.29 is 4.79 Å². The van der Waals surface area contributed by atoms with Gasteiger partial charge in [-0.15, -0.1) is 11.3 Å². The van der Waals surface area contributed by atoms with Crippen molar-refractivity contribution in [3.8, 4) is 0 Å². The van der Waals surface area contributed by atoms with Crippen LogP contribution in [-0.2, 0) is 11.2 Å². The van der Waals surface area contributed by atoms with Gasteiger partial charge in [0.1, 0.15) is 16.5 Å². The van der Waals surface area contributed by atoms with Crippen LogP contribution in [0.15, 0.2) is 30.4 Å². The van der Waals surface area contributed by atoms with Crippen molar-refractivity contribution in [3.63, 3.8) is 0 Å². The van der Waals surface area contributed by atoms with Gasteiger partial charge in [0.15, 0.2) is 0 Å². The number of carbonyl (C=O) groups excluding carboxylic acids is 1. The molecular formula is C18H23N3OS. The third kappa shape index (κ3) is 4.48. The Balaban J connectivity index is 2.08. The van der Waals surface area contributed by atoms with Crippen molar-refractivity contribution in [2.75, 3.05) is 5.32 Å². The summed E-state index contributed by atoms with van der Waals surface area (Å²) in [5, 5.41) is 3.88. The number of carbonyl (C=O) groups is 1. The Bertz CT molecular complexity index is 746. The standard InChI is InChI=1S/C18H23N3OS/c1-5-13(6-2)9-8-10-16(22)21-17-14-11-12(4)23-18(14)20-15(7-3)19-17/h5-6,11H,1,7-10H2,2-4H3,(H,19,20,21,22)/b13-6+. The Morgan fingerprint density at radius 3 is 2.83 bits per heavy atom. The molecule has 0 bridgehead atoms. The smallest absolute Gasteiger partial charge is 0.225 e. The highest BCUT2D eigenvalue weighted by Crippen LogP contribution is 2.28. The Morgan fingerprint density at radius 2 is 2.17 bits per heavy atom. The molecule has 4 nitrogen and oxygen atoms in total. The van der Waals surface area contributed by atoms with Gasteiger partial charge in [0.2, 0.25) is 5.91 Å². The van der Waals surface area contributed by atoms with E-state index >= 15 is 0 Å². The van der Waals surface area contributed by atoms with Crippen molar-refractivity contribution >= 4 is 33.3 Å². The molecular weight excluding hydrogens is 306 g/mol. The molecule has 23 heavy (non-hydrogen) atoms. The molecule has 0 saturated carbocycles. The summed E-state index contributed by atoms with van der Waals surface area (Å²) in [4.78, 5) is 23.3. The first-order chi connectivity index (χ1) is 11.1. The largest absolute Gasteiger partial charge is 0.310 e. The van der Waals surface area contributed by atoms with Gasteiger partial charge >= 0.3 is 0 Å². The van der Waals surface area contributed by atoms with E-state index in [1.54, 1.807) is 11.3 Å². The number of hydrogen-bond donors (Lipinski definition) is 1. The SMILES string of the molecule is C=C/C(=C\C)CCCC(=O)Nc1nc(CC)nc2sc(C)cc12. The first-order valence-corrected chi connectivity index (χ1v) is 8.73. The monoisotopic (exact) mass is 329 g/mol. The summed E-state index contributed by atoms with van der Waals surface area (Å²) in [6, 6.07) is 2.03.